The first kappa shape index (κ1) is 25.7. The van der Waals surface area contributed by atoms with Crippen LogP contribution in [0.25, 0.3) is 0 Å². The van der Waals surface area contributed by atoms with E-state index in [0.29, 0.717) is 12.1 Å². The maximum Gasteiger partial charge on any atom is 0.314 e. The lowest BCUT2D eigenvalue weighted by Crippen LogP contribution is -2.28. The normalized spacial score (nSPS) is 19.5. The van der Waals surface area contributed by atoms with Crippen molar-refractivity contribution in [1.82, 2.24) is 5.32 Å². The summed E-state index contributed by atoms with van der Waals surface area (Å²) in [5.74, 6) is -0.270. The van der Waals surface area contributed by atoms with E-state index in [1.807, 2.05) is 13.8 Å². The molecule has 0 bridgehead atoms. The van der Waals surface area contributed by atoms with Crippen LogP contribution in [0.4, 0.5) is 0 Å². The summed E-state index contributed by atoms with van der Waals surface area (Å²) in [4.78, 5) is 25.8. The third-order valence-electron chi connectivity index (χ3n) is 6.87. The molecule has 1 atom stereocenters. The number of ether oxygens (including phenoxy) is 2. The van der Waals surface area contributed by atoms with Crippen LogP contribution in [0.3, 0.4) is 0 Å². The fraction of sp³-hybridized carbons (Fsp3) is 0.704. The van der Waals surface area contributed by atoms with Crippen molar-refractivity contribution < 1.29 is 24.2 Å². The fourth-order valence-electron chi connectivity index (χ4n) is 4.77. The number of hydrogen-bond donors (Lipinski definition) is 2. The predicted octanol–water partition coefficient (Wildman–Crippen LogP) is 5.47. The van der Waals surface area contributed by atoms with Gasteiger partial charge in [0.15, 0.2) is 11.5 Å². The van der Waals surface area contributed by atoms with Crippen molar-refractivity contribution in [1.29, 1.82) is 0 Å². The van der Waals surface area contributed by atoms with Crippen LogP contribution < -0.4 is 14.8 Å². The van der Waals surface area contributed by atoms with E-state index in [0.717, 1.165) is 77.0 Å². The number of benzene rings is 1. The molecule has 2 aliphatic carbocycles. The Morgan fingerprint density at radius 3 is 1.82 bits per heavy atom. The van der Waals surface area contributed by atoms with Gasteiger partial charge in [0.2, 0.25) is 0 Å². The molecule has 33 heavy (non-hydrogen) atoms. The van der Waals surface area contributed by atoms with Gasteiger partial charge in [-0.15, -0.1) is 0 Å². The summed E-state index contributed by atoms with van der Waals surface area (Å²) in [6.07, 6.45) is 11.3. The second-order valence-corrected chi connectivity index (χ2v) is 10.0. The smallest absolute Gasteiger partial charge is 0.314 e. The van der Waals surface area contributed by atoms with Crippen molar-refractivity contribution in [3.8, 4) is 11.5 Å². The molecule has 1 unspecified atom stereocenters. The molecule has 0 radical (unpaired) electrons. The van der Waals surface area contributed by atoms with Crippen molar-refractivity contribution >= 4 is 11.9 Å². The van der Waals surface area contributed by atoms with Gasteiger partial charge in [0, 0.05) is 12.6 Å². The highest BCUT2D eigenvalue weighted by atomic mass is 16.6. The molecule has 1 aromatic carbocycles. The van der Waals surface area contributed by atoms with Crippen LogP contribution in [0.2, 0.25) is 0 Å². The van der Waals surface area contributed by atoms with Gasteiger partial charge in [-0.2, -0.15) is 0 Å². The monoisotopic (exact) mass is 459 g/mol. The zero-order valence-electron chi connectivity index (χ0n) is 20.3. The number of carbonyl (C=O) groups excluding carboxylic acids is 2. The van der Waals surface area contributed by atoms with Crippen LogP contribution in [-0.4, -0.2) is 29.6 Å². The van der Waals surface area contributed by atoms with Gasteiger partial charge in [-0.05, 0) is 43.4 Å². The molecule has 2 saturated carbocycles. The Morgan fingerprint density at radius 1 is 0.848 bits per heavy atom. The van der Waals surface area contributed by atoms with E-state index < -0.39 is 6.10 Å². The number of aliphatic hydroxyl groups excluding tert-OH is 1. The first-order chi connectivity index (χ1) is 15.9. The maximum absolute atomic E-state index is 13.0. The van der Waals surface area contributed by atoms with Crippen molar-refractivity contribution in [3.63, 3.8) is 0 Å². The second-order valence-electron chi connectivity index (χ2n) is 10.0. The van der Waals surface area contributed by atoms with Gasteiger partial charge in [-0.3, -0.25) is 9.59 Å². The summed E-state index contributed by atoms with van der Waals surface area (Å²) in [5.41, 5.74) is 0.626. The highest BCUT2D eigenvalue weighted by molar-refractivity contribution is 5.78. The number of esters is 2. The van der Waals surface area contributed by atoms with Crippen LogP contribution >= 0.6 is 0 Å². The molecule has 0 aliphatic heterocycles. The van der Waals surface area contributed by atoms with Gasteiger partial charge < -0.3 is 19.9 Å². The number of hydrogen-bond acceptors (Lipinski definition) is 6. The van der Waals surface area contributed by atoms with Crippen molar-refractivity contribution in [2.45, 2.75) is 103 Å². The molecule has 0 saturated heterocycles. The minimum atomic E-state index is -0.755. The Labute approximate surface area is 198 Å². The van der Waals surface area contributed by atoms with E-state index in [4.69, 9.17) is 9.47 Å². The molecule has 1 aromatic rings. The summed E-state index contributed by atoms with van der Waals surface area (Å²) in [5, 5.41) is 13.8. The maximum atomic E-state index is 13.0. The molecule has 2 fully saturated rings. The first-order valence-corrected chi connectivity index (χ1v) is 12.9. The van der Waals surface area contributed by atoms with E-state index in [1.165, 1.54) is 0 Å². The Bertz CT molecular complexity index is 762. The molecule has 2 aliphatic rings. The average Bonchev–Trinajstić information content (AvgIpc) is 3.24. The SMILES string of the molecule is CC(C)NCC(O)c1ccc(OC(=O)C2CCCCCC2)c(OC(=O)C2CCCCCC2)c1. The van der Waals surface area contributed by atoms with E-state index in [9.17, 15) is 14.7 Å². The Hall–Kier alpha value is -1.92. The van der Waals surface area contributed by atoms with E-state index >= 15 is 0 Å². The Balaban J connectivity index is 1.77. The molecule has 6 heteroatoms. The third-order valence-corrected chi connectivity index (χ3v) is 6.87. The average molecular weight is 460 g/mol. The van der Waals surface area contributed by atoms with E-state index in [-0.39, 0.29) is 41.3 Å². The van der Waals surface area contributed by atoms with Gasteiger partial charge >= 0.3 is 11.9 Å². The zero-order valence-corrected chi connectivity index (χ0v) is 20.3. The predicted molar refractivity (Wildman–Crippen MR) is 128 cm³/mol. The second kappa shape index (κ2) is 13.1. The fourth-order valence-corrected chi connectivity index (χ4v) is 4.77. The molecule has 6 nitrogen and oxygen atoms in total. The minimum Gasteiger partial charge on any atom is -0.422 e. The molecule has 0 amide bonds. The lowest BCUT2D eigenvalue weighted by molar-refractivity contribution is -0.142. The van der Waals surface area contributed by atoms with Crippen LogP contribution in [0.5, 0.6) is 11.5 Å². The highest BCUT2D eigenvalue weighted by Crippen LogP contribution is 2.34. The van der Waals surface area contributed by atoms with Crippen LogP contribution in [0.15, 0.2) is 18.2 Å². The molecule has 2 N–H and O–H groups in total. The lowest BCUT2D eigenvalue weighted by atomic mass is 10.0. The summed E-state index contributed by atoms with van der Waals surface area (Å²) in [6, 6.07) is 5.28. The summed E-state index contributed by atoms with van der Waals surface area (Å²) >= 11 is 0. The standard InChI is InChI=1S/C27H41NO5/c1-19(2)28-18-23(29)22-15-16-24(32-26(30)20-11-7-3-4-8-12-20)25(17-22)33-27(31)21-13-9-5-6-10-14-21/h15-17,19-21,23,28-29H,3-14,18H2,1-2H3. The Kier molecular flexibility index (Phi) is 10.2. The van der Waals surface area contributed by atoms with Crippen molar-refractivity contribution in [2.24, 2.45) is 11.8 Å². The van der Waals surface area contributed by atoms with Gasteiger partial charge in [0.1, 0.15) is 0 Å². The van der Waals surface area contributed by atoms with E-state index in [1.54, 1.807) is 18.2 Å². The topological polar surface area (TPSA) is 84.9 Å². The molecule has 184 valence electrons. The number of rotatable bonds is 8. The van der Waals surface area contributed by atoms with Crippen LogP contribution in [0, 0.1) is 11.8 Å². The Morgan fingerprint density at radius 2 is 1.33 bits per heavy atom. The molecule has 0 spiro atoms. The number of carbonyl (C=O) groups is 2. The summed E-state index contributed by atoms with van der Waals surface area (Å²) < 4.78 is 11.6. The van der Waals surface area contributed by atoms with Gasteiger partial charge in [0.05, 0.1) is 17.9 Å². The third kappa shape index (κ3) is 8.11. The van der Waals surface area contributed by atoms with Gasteiger partial charge in [0.25, 0.3) is 0 Å². The minimum absolute atomic E-state index is 0.113. The lowest BCUT2D eigenvalue weighted by Gasteiger charge is -2.19. The summed E-state index contributed by atoms with van der Waals surface area (Å²) in [6.45, 7) is 4.42. The van der Waals surface area contributed by atoms with Crippen LogP contribution in [-0.2, 0) is 9.59 Å². The first-order valence-electron chi connectivity index (χ1n) is 12.9. The summed E-state index contributed by atoms with van der Waals surface area (Å²) in [7, 11) is 0. The number of nitrogens with one attached hydrogen (secondary N) is 1. The highest BCUT2D eigenvalue weighted by Gasteiger charge is 2.27. The zero-order chi connectivity index (χ0) is 23.6. The molecular formula is C27H41NO5. The molecule has 0 heterocycles. The van der Waals surface area contributed by atoms with E-state index in [2.05, 4.69) is 5.32 Å². The van der Waals surface area contributed by atoms with Crippen LogP contribution in [0.1, 0.15) is 103 Å². The molecule has 3 rings (SSSR count). The largest absolute Gasteiger partial charge is 0.422 e. The van der Waals surface area contributed by atoms with Gasteiger partial charge in [-0.25, -0.2) is 0 Å². The van der Waals surface area contributed by atoms with Gasteiger partial charge in [-0.1, -0.05) is 71.3 Å². The molecular weight excluding hydrogens is 418 g/mol. The van der Waals surface area contributed by atoms with Crippen molar-refractivity contribution in [2.75, 3.05) is 6.54 Å². The quantitative estimate of drug-likeness (QED) is 0.305. The molecule has 0 aromatic heterocycles. The van der Waals surface area contributed by atoms with Crippen molar-refractivity contribution in [3.05, 3.63) is 23.8 Å². The number of aliphatic hydroxyl groups is 1.